The lowest BCUT2D eigenvalue weighted by atomic mass is 10.3. The van der Waals surface area contributed by atoms with E-state index < -0.39 is 5.97 Å². The number of carboxylic acid groups (broad SMARTS) is 1. The molecule has 0 aromatic rings. The van der Waals surface area contributed by atoms with Gasteiger partial charge in [0.25, 0.3) is 0 Å². The molecule has 0 saturated heterocycles. The third kappa shape index (κ3) is 6.28. The van der Waals surface area contributed by atoms with Gasteiger partial charge in [-0.15, -0.1) is 0 Å². The Morgan fingerprint density at radius 2 is 2.25 bits per heavy atom. The summed E-state index contributed by atoms with van der Waals surface area (Å²) in [7, 11) is 0. The van der Waals surface area contributed by atoms with Crippen molar-refractivity contribution in [1.29, 1.82) is 0 Å². The lowest BCUT2D eigenvalue weighted by Gasteiger charge is -1.95. The zero-order valence-corrected chi connectivity index (χ0v) is 8.49. The van der Waals surface area contributed by atoms with Crippen LogP contribution in [0.4, 0.5) is 0 Å². The SMILES string of the molecule is CCCCSCC=C(C)C(=O)O. The van der Waals surface area contributed by atoms with Crippen molar-refractivity contribution in [3.63, 3.8) is 0 Å². The van der Waals surface area contributed by atoms with Gasteiger partial charge in [0, 0.05) is 11.3 Å². The molecule has 0 bridgehead atoms. The maximum absolute atomic E-state index is 10.3. The smallest absolute Gasteiger partial charge is 0.330 e. The standard InChI is InChI=1S/C9H16O2S/c1-3-4-6-12-7-5-8(2)9(10)11/h5H,3-4,6-7H2,1-2H3,(H,10,11). The Morgan fingerprint density at radius 1 is 1.58 bits per heavy atom. The van der Waals surface area contributed by atoms with Crippen molar-refractivity contribution >= 4 is 17.7 Å². The van der Waals surface area contributed by atoms with Gasteiger partial charge in [0.2, 0.25) is 0 Å². The van der Waals surface area contributed by atoms with Crippen LogP contribution in [0.25, 0.3) is 0 Å². The molecule has 2 nitrogen and oxygen atoms in total. The third-order valence-corrected chi connectivity index (χ3v) is 2.47. The van der Waals surface area contributed by atoms with Crippen LogP contribution in [0.5, 0.6) is 0 Å². The summed E-state index contributed by atoms with van der Waals surface area (Å²) in [5.41, 5.74) is 0.444. The van der Waals surface area contributed by atoms with Gasteiger partial charge in [-0.1, -0.05) is 19.4 Å². The number of hydrogen-bond donors (Lipinski definition) is 1. The summed E-state index contributed by atoms with van der Waals surface area (Å²) in [4.78, 5) is 10.3. The fraction of sp³-hybridized carbons (Fsp3) is 0.667. The van der Waals surface area contributed by atoms with E-state index in [1.54, 1.807) is 24.8 Å². The Morgan fingerprint density at radius 3 is 2.75 bits per heavy atom. The molecule has 0 fully saturated rings. The average molecular weight is 188 g/mol. The predicted octanol–water partition coefficient (Wildman–Crippen LogP) is 2.55. The highest BCUT2D eigenvalue weighted by molar-refractivity contribution is 7.99. The molecular weight excluding hydrogens is 172 g/mol. The molecule has 0 spiro atoms. The van der Waals surface area contributed by atoms with Gasteiger partial charge in [-0.3, -0.25) is 0 Å². The Bertz CT molecular complexity index is 164. The second-order valence-corrected chi connectivity index (χ2v) is 3.77. The molecule has 0 atom stereocenters. The van der Waals surface area contributed by atoms with Gasteiger partial charge >= 0.3 is 5.97 Å². The Labute approximate surface area is 78.0 Å². The summed E-state index contributed by atoms with van der Waals surface area (Å²) in [6.07, 6.45) is 4.18. The van der Waals surface area contributed by atoms with Gasteiger partial charge in [0.05, 0.1) is 0 Å². The first-order valence-corrected chi connectivity index (χ1v) is 5.31. The highest BCUT2D eigenvalue weighted by Crippen LogP contribution is 2.06. The maximum atomic E-state index is 10.3. The van der Waals surface area contributed by atoms with E-state index in [2.05, 4.69) is 6.92 Å². The summed E-state index contributed by atoms with van der Waals surface area (Å²) in [5.74, 6) is 1.13. The molecule has 0 aromatic carbocycles. The molecular formula is C9H16O2S. The first-order valence-electron chi connectivity index (χ1n) is 4.16. The van der Waals surface area contributed by atoms with Gasteiger partial charge in [0.1, 0.15) is 0 Å². The van der Waals surface area contributed by atoms with Gasteiger partial charge in [-0.2, -0.15) is 11.8 Å². The van der Waals surface area contributed by atoms with Crippen LogP contribution in [0, 0.1) is 0 Å². The maximum Gasteiger partial charge on any atom is 0.330 e. The van der Waals surface area contributed by atoms with Crippen LogP contribution in [0.15, 0.2) is 11.6 Å². The minimum atomic E-state index is -0.814. The van der Waals surface area contributed by atoms with E-state index in [4.69, 9.17) is 5.11 Å². The number of hydrogen-bond acceptors (Lipinski definition) is 2. The molecule has 3 heteroatoms. The van der Waals surface area contributed by atoms with Gasteiger partial charge in [-0.25, -0.2) is 4.79 Å². The second kappa shape index (κ2) is 7.22. The minimum absolute atomic E-state index is 0.444. The topological polar surface area (TPSA) is 37.3 Å². The van der Waals surface area contributed by atoms with Crippen molar-refractivity contribution in [2.24, 2.45) is 0 Å². The number of rotatable bonds is 6. The molecule has 0 amide bonds. The van der Waals surface area contributed by atoms with Crippen LogP contribution in [-0.4, -0.2) is 22.6 Å². The Kier molecular flexibility index (Phi) is 6.96. The van der Waals surface area contributed by atoms with E-state index in [1.165, 1.54) is 12.8 Å². The zero-order valence-electron chi connectivity index (χ0n) is 7.67. The number of unbranched alkanes of at least 4 members (excludes halogenated alkanes) is 1. The van der Waals surface area contributed by atoms with Crippen molar-refractivity contribution in [2.75, 3.05) is 11.5 Å². The van der Waals surface area contributed by atoms with Gasteiger partial charge < -0.3 is 5.11 Å². The monoisotopic (exact) mass is 188 g/mol. The molecule has 0 radical (unpaired) electrons. The molecule has 0 heterocycles. The molecule has 0 aliphatic rings. The van der Waals surface area contributed by atoms with Crippen molar-refractivity contribution in [1.82, 2.24) is 0 Å². The van der Waals surface area contributed by atoms with Crippen molar-refractivity contribution in [3.8, 4) is 0 Å². The van der Waals surface area contributed by atoms with E-state index in [1.807, 2.05) is 0 Å². The van der Waals surface area contributed by atoms with Crippen LogP contribution < -0.4 is 0 Å². The van der Waals surface area contributed by atoms with Gasteiger partial charge in [-0.05, 0) is 19.1 Å². The van der Waals surface area contributed by atoms with Gasteiger partial charge in [0.15, 0.2) is 0 Å². The Hall–Kier alpha value is -0.440. The lowest BCUT2D eigenvalue weighted by molar-refractivity contribution is -0.132. The summed E-state index contributed by atoms with van der Waals surface area (Å²) >= 11 is 1.78. The first kappa shape index (κ1) is 11.6. The largest absolute Gasteiger partial charge is 0.478 e. The number of aliphatic carboxylic acids is 1. The highest BCUT2D eigenvalue weighted by Gasteiger charge is 1.97. The summed E-state index contributed by atoms with van der Waals surface area (Å²) < 4.78 is 0. The number of thioether (sulfide) groups is 1. The molecule has 0 unspecified atom stereocenters. The fourth-order valence-electron chi connectivity index (χ4n) is 0.601. The van der Waals surface area contributed by atoms with E-state index in [0.717, 1.165) is 11.5 Å². The predicted molar refractivity (Wildman–Crippen MR) is 53.6 cm³/mol. The second-order valence-electron chi connectivity index (χ2n) is 2.62. The summed E-state index contributed by atoms with van der Waals surface area (Å²) in [5, 5.41) is 8.51. The fourth-order valence-corrected chi connectivity index (χ4v) is 1.63. The molecule has 0 rings (SSSR count). The minimum Gasteiger partial charge on any atom is -0.478 e. The van der Waals surface area contributed by atoms with Crippen molar-refractivity contribution < 1.29 is 9.90 Å². The van der Waals surface area contributed by atoms with Crippen LogP contribution in [0.3, 0.4) is 0 Å². The van der Waals surface area contributed by atoms with E-state index in [-0.39, 0.29) is 0 Å². The lowest BCUT2D eigenvalue weighted by Crippen LogP contribution is -1.96. The molecule has 0 saturated carbocycles. The molecule has 0 aliphatic carbocycles. The van der Waals surface area contributed by atoms with Crippen molar-refractivity contribution in [3.05, 3.63) is 11.6 Å². The van der Waals surface area contributed by atoms with Crippen LogP contribution in [0.1, 0.15) is 26.7 Å². The zero-order chi connectivity index (χ0) is 9.40. The van der Waals surface area contributed by atoms with E-state index in [9.17, 15) is 4.79 Å². The summed E-state index contributed by atoms with van der Waals surface area (Å²) in [6, 6.07) is 0. The molecule has 0 aromatic heterocycles. The normalized spacial score (nSPS) is 11.7. The summed E-state index contributed by atoms with van der Waals surface area (Å²) in [6.45, 7) is 3.78. The van der Waals surface area contributed by atoms with Crippen LogP contribution in [0.2, 0.25) is 0 Å². The first-order chi connectivity index (χ1) is 5.68. The quantitative estimate of drug-likeness (QED) is 0.514. The third-order valence-electron chi connectivity index (χ3n) is 1.49. The highest BCUT2D eigenvalue weighted by atomic mass is 32.2. The average Bonchev–Trinajstić information content (AvgIpc) is 2.03. The van der Waals surface area contributed by atoms with Crippen LogP contribution >= 0.6 is 11.8 Å². The van der Waals surface area contributed by atoms with Crippen molar-refractivity contribution in [2.45, 2.75) is 26.7 Å². The molecule has 70 valence electrons. The number of carbonyl (C=O) groups is 1. The van der Waals surface area contributed by atoms with Crippen LogP contribution in [-0.2, 0) is 4.79 Å². The molecule has 1 N–H and O–H groups in total. The Balaban J connectivity index is 3.40. The van der Waals surface area contributed by atoms with E-state index in [0.29, 0.717) is 5.57 Å². The number of carboxylic acids is 1. The molecule has 0 aliphatic heterocycles. The van der Waals surface area contributed by atoms with E-state index >= 15 is 0 Å². The molecule has 12 heavy (non-hydrogen) atoms.